The molecule has 0 fully saturated rings. The second-order valence-corrected chi connectivity index (χ2v) is 4.51. The Balaban J connectivity index is 2.52. The monoisotopic (exact) mass is 237 g/mol. The van der Waals surface area contributed by atoms with Crippen LogP contribution in [0.15, 0.2) is 24.3 Å². The summed E-state index contributed by atoms with van der Waals surface area (Å²) in [5, 5.41) is 9.18. The molecule has 0 spiro atoms. The first-order valence-corrected chi connectivity index (χ1v) is 6.12. The molecule has 0 radical (unpaired) electrons. The van der Waals surface area contributed by atoms with Gasteiger partial charge in [-0.3, -0.25) is 0 Å². The van der Waals surface area contributed by atoms with Gasteiger partial charge in [-0.05, 0) is 37.1 Å². The van der Waals surface area contributed by atoms with Gasteiger partial charge in [0.2, 0.25) is 0 Å². The number of hydrogen-bond donors (Lipinski definition) is 1. The van der Waals surface area contributed by atoms with Crippen molar-refractivity contribution in [1.29, 1.82) is 0 Å². The van der Waals surface area contributed by atoms with Gasteiger partial charge >= 0.3 is 0 Å². The third-order valence-electron chi connectivity index (χ3n) is 2.99. The van der Waals surface area contributed by atoms with Crippen LogP contribution in [0.1, 0.15) is 18.9 Å². The fraction of sp³-hybridized carbons (Fsp3) is 0.571. The molecule has 96 valence electrons. The van der Waals surface area contributed by atoms with Crippen molar-refractivity contribution in [3.05, 3.63) is 29.8 Å². The molecule has 0 saturated carbocycles. The number of rotatable bonds is 7. The molecule has 1 N–H and O–H groups in total. The van der Waals surface area contributed by atoms with Gasteiger partial charge in [-0.15, -0.1) is 0 Å². The third kappa shape index (κ3) is 4.75. The molecule has 0 aromatic heterocycles. The van der Waals surface area contributed by atoms with Crippen LogP contribution in [0.4, 0.5) is 0 Å². The Morgan fingerprint density at radius 1 is 1.41 bits per heavy atom. The average molecular weight is 237 g/mol. The molecule has 17 heavy (non-hydrogen) atoms. The van der Waals surface area contributed by atoms with E-state index in [1.807, 2.05) is 12.1 Å². The maximum atomic E-state index is 9.18. The van der Waals surface area contributed by atoms with Crippen LogP contribution in [0.25, 0.3) is 0 Å². The smallest absolute Gasteiger partial charge is 0.119 e. The van der Waals surface area contributed by atoms with Gasteiger partial charge in [-0.25, -0.2) is 0 Å². The molecule has 0 amide bonds. The standard InChI is InChI=1S/C14H23NO2/c1-4-12(11-16)9-15(2)10-13-6-5-7-14(8-13)17-3/h5-8,12,16H,4,9-11H2,1-3H3. The van der Waals surface area contributed by atoms with Crippen LogP contribution in [0.5, 0.6) is 5.75 Å². The summed E-state index contributed by atoms with van der Waals surface area (Å²) in [6.45, 7) is 4.18. The van der Waals surface area contributed by atoms with Crippen LogP contribution in [0.2, 0.25) is 0 Å². The van der Waals surface area contributed by atoms with Crippen molar-refractivity contribution in [2.75, 3.05) is 27.3 Å². The van der Waals surface area contributed by atoms with Crippen molar-refractivity contribution in [3.63, 3.8) is 0 Å². The molecule has 0 bridgehead atoms. The van der Waals surface area contributed by atoms with Crippen molar-refractivity contribution < 1.29 is 9.84 Å². The van der Waals surface area contributed by atoms with Gasteiger partial charge in [0.25, 0.3) is 0 Å². The zero-order valence-electron chi connectivity index (χ0n) is 11.0. The molecule has 1 aromatic rings. The molecule has 1 unspecified atom stereocenters. The normalized spacial score (nSPS) is 12.8. The molecule has 1 atom stereocenters. The number of hydrogen-bond acceptors (Lipinski definition) is 3. The van der Waals surface area contributed by atoms with Crippen LogP contribution >= 0.6 is 0 Å². The van der Waals surface area contributed by atoms with Gasteiger partial charge < -0.3 is 14.7 Å². The predicted molar refractivity (Wildman–Crippen MR) is 70.2 cm³/mol. The lowest BCUT2D eigenvalue weighted by atomic mass is 10.1. The molecule has 0 aliphatic carbocycles. The van der Waals surface area contributed by atoms with Gasteiger partial charge in [0.05, 0.1) is 7.11 Å². The molecular weight excluding hydrogens is 214 g/mol. The Bertz CT molecular complexity index is 324. The lowest BCUT2D eigenvalue weighted by Crippen LogP contribution is -2.26. The van der Waals surface area contributed by atoms with Gasteiger partial charge in [0, 0.05) is 19.7 Å². The van der Waals surface area contributed by atoms with E-state index < -0.39 is 0 Å². The summed E-state index contributed by atoms with van der Waals surface area (Å²) < 4.78 is 5.20. The van der Waals surface area contributed by atoms with E-state index in [4.69, 9.17) is 4.74 Å². The van der Waals surface area contributed by atoms with E-state index in [1.165, 1.54) is 5.56 Å². The van der Waals surface area contributed by atoms with Crippen LogP contribution in [-0.4, -0.2) is 37.3 Å². The van der Waals surface area contributed by atoms with Crippen molar-refractivity contribution in [3.8, 4) is 5.75 Å². The van der Waals surface area contributed by atoms with Gasteiger partial charge in [0.1, 0.15) is 5.75 Å². The van der Waals surface area contributed by atoms with E-state index >= 15 is 0 Å². The molecule has 0 heterocycles. The molecule has 0 saturated heterocycles. The van der Waals surface area contributed by atoms with E-state index in [0.29, 0.717) is 5.92 Å². The quantitative estimate of drug-likeness (QED) is 0.788. The number of methoxy groups -OCH3 is 1. The highest BCUT2D eigenvalue weighted by Crippen LogP contribution is 2.14. The van der Waals surface area contributed by atoms with Gasteiger partial charge in [-0.1, -0.05) is 19.1 Å². The van der Waals surface area contributed by atoms with Crippen LogP contribution in [0.3, 0.4) is 0 Å². The first kappa shape index (κ1) is 14.0. The molecular formula is C14H23NO2. The minimum Gasteiger partial charge on any atom is -0.497 e. The number of aliphatic hydroxyl groups excluding tert-OH is 1. The van der Waals surface area contributed by atoms with Crippen molar-refractivity contribution >= 4 is 0 Å². The Hall–Kier alpha value is -1.06. The number of nitrogens with zero attached hydrogens (tertiary/aromatic N) is 1. The van der Waals surface area contributed by atoms with Crippen molar-refractivity contribution in [1.82, 2.24) is 4.90 Å². The molecule has 0 aliphatic rings. The summed E-state index contributed by atoms with van der Waals surface area (Å²) in [5.41, 5.74) is 1.24. The van der Waals surface area contributed by atoms with Gasteiger partial charge in [0.15, 0.2) is 0 Å². The Morgan fingerprint density at radius 2 is 2.18 bits per heavy atom. The van der Waals surface area contributed by atoms with Crippen LogP contribution < -0.4 is 4.74 Å². The lowest BCUT2D eigenvalue weighted by molar-refractivity contribution is 0.173. The summed E-state index contributed by atoms with van der Waals surface area (Å²) in [7, 11) is 3.76. The summed E-state index contributed by atoms with van der Waals surface area (Å²) in [6, 6.07) is 8.10. The maximum absolute atomic E-state index is 9.18. The minimum absolute atomic E-state index is 0.263. The highest BCUT2D eigenvalue weighted by molar-refractivity contribution is 5.28. The van der Waals surface area contributed by atoms with Gasteiger partial charge in [-0.2, -0.15) is 0 Å². The summed E-state index contributed by atoms with van der Waals surface area (Å²) in [4.78, 5) is 2.24. The summed E-state index contributed by atoms with van der Waals surface area (Å²) in [5.74, 6) is 1.26. The Labute approximate surface area is 104 Å². The van der Waals surface area contributed by atoms with E-state index in [2.05, 4.69) is 31.0 Å². The summed E-state index contributed by atoms with van der Waals surface area (Å²) >= 11 is 0. The average Bonchev–Trinajstić information content (AvgIpc) is 2.36. The van der Waals surface area contributed by atoms with Crippen LogP contribution in [0, 0.1) is 5.92 Å². The highest BCUT2D eigenvalue weighted by Gasteiger charge is 2.09. The van der Waals surface area contributed by atoms with E-state index in [9.17, 15) is 5.11 Å². The number of benzene rings is 1. The molecule has 1 rings (SSSR count). The Kier molecular flexibility index (Phi) is 6.01. The fourth-order valence-corrected chi connectivity index (χ4v) is 1.90. The van der Waals surface area contributed by atoms with Crippen LogP contribution in [-0.2, 0) is 6.54 Å². The highest BCUT2D eigenvalue weighted by atomic mass is 16.5. The number of aliphatic hydroxyl groups is 1. The SMILES string of the molecule is CCC(CO)CN(C)Cc1cccc(OC)c1. The van der Waals surface area contributed by atoms with Crippen molar-refractivity contribution in [2.45, 2.75) is 19.9 Å². The number of ether oxygens (including phenoxy) is 1. The Morgan fingerprint density at radius 3 is 2.76 bits per heavy atom. The molecule has 1 aromatic carbocycles. The fourth-order valence-electron chi connectivity index (χ4n) is 1.90. The molecule has 0 aliphatic heterocycles. The topological polar surface area (TPSA) is 32.7 Å². The zero-order valence-corrected chi connectivity index (χ0v) is 11.0. The maximum Gasteiger partial charge on any atom is 0.119 e. The van der Waals surface area contributed by atoms with E-state index in [0.717, 1.165) is 25.3 Å². The largest absolute Gasteiger partial charge is 0.497 e. The first-order valence-electron chi connectivity index (χ1n) is 6.12. The predicted octanol–water partition coefficient (Wildman–Crippen LogP) is 2.15. The van der Waals surface area contributed by atoms with E-state index in [-0.39, 0.29) is 6.61 Å². The third-order valence-corrected chi connectivity index (χ3v) is 2.99. The minimum atomic E-state index is 0.263. The molecule has 3 heteroatoms. The van der Waals surface area contributed by atoms with E-state index in [1.54, 1.807) is 7.11 Å². The second kappa shape index (κ2) is 7.30. The second-order valence-electron chi connectivity index (χ2n) is 4.51. The molecule has 3 nitrogen and oxygen atoms in total. The first-order chi connectivity index (χ1) is 8.19. The van der Waals surface area contributed by atoms with Crippen molar-refractivity contribution in [2.24, 2.45) is 5.92 Å². The summed E-state index contributed by atoms with van der Waals surface area (Å²) in [6.07, 6.45) is 1.01. The zero-order chi connectivity index (χ0) is 12.7. The lowest BCUT2D eigenvalue weighted by Gasteiger charge is -2.21.